The molecule has 1 unspecified atom stereocenters. The first-order valence-corrected chi connectivity index (χ1v) is 6.44. The fourth-order valence-electron chi connectivity index (χ4n) is 2.52. The van der Waals surface area contributed by atoms with Crippen molar-refractivity contribution in [3.8, 4) is 0 Å². The quantitative estimate of drug-likeness (QED) is 0.896. The first-order chi connectivity index (χ1) is 8.65. The van der Waals surface area contributed by atoms with Gasteiger partial charge in [-0.15, -0.1) is 0 Å². The normalized spacial score (nSPS) is 19.3. The van der Waals surface area contributed by atoms with Gasteiger partial charge in [-0.25, -0.2) is 13.8 Å². The molecule has 0 saturated carbocycles. The molecule has 1 saturated heterocycles. The van der Waals surface area contributed by atoms with Crippen LogP contribution < -0.4 is 10.2 Å². The van der Waals surface area contributed by atoms with Gasteiger partial charge in [0.15, 0.2) is 23.3 Å². The third kappa shape index (κ3) is 2.54. The van der Waals surface area contributed by atoms with Crippen LogP contribution in [0.1, 0.15) is 26.2 Å². The van der Waals surface area contributed by atoms with Crippen molar-refractivity contribution in [2.24, 2.45) is 5.92 Å². The Bertz CT molecular complexity index is 423. The van der Waals surface area contributed by atoms with Crippen molar-refractivity contribution in [2.45, 2.75) is 26.2 Å². The van der Waals surface area contributed by atoms with Gasteiger partial charge in [0.2, 0.25) is 0 Å². The molecule has 1 aromatic rings. The minimum atomic E-state index is -0.650. The molecule has 1 atom stereocenters. The van der Waals surface area contributed by atoms with Crippen LogP contribution in [0.4, 0.5) is 20.4 Å². The second-order valence-corrected chi connectivity index (χ2v) is 4.76. The van der Waals surface area contributed by atoms with Gasteiger partial charge in [0.25, 0.3) is 0 Å². The van der Waals surface area contributed by atoms with Crippen molar-refractivity contribution >= 4 is 11.6 Å². The van der Waals surface area contributed by atoms with Gasteiger partial charge < -0.3 is 10.2 Å². The van der Waals surface area contributed by atoms with Crippen LogP contribution in [0.25, 0.3) is 0 Å². The predicted molar refractivity (Wildman–Crippen MR) is 68.9 cm³/mol. The Morgan fingerprint density at radius 1 is 1.44 bits per heavy atom. The van der Waals surface area contributed by atoms with Crippen LogP contribution in [0.5, 0.6) is 0 Å². The average molecular weight is 255 g/mol. The number of anilines is 2. The summed E-state index contributed by atoms with van der Waals surface area (Å²) in [6.45, 7) is 3.76. The summed E-state index contributed by atoms with van der Waals surface area (Å²) in [5, 5.41) is 2.64. The van der Waals surface area contributed by atoms with E-state index in [0.717, 1.165) is 38.4 Å². The number of rotatable bonds is 4. The monoisotopic (exact) mass is 255 g/mol. The smallest absolute Gasteiger partial charge is 0.168 e. The van der Waals surface area contributed by atoms with Crippen molar-refractivity contribution in [1.82, 2.24) is 4.98 Å². The van der Waals surface area contributed by atoms with E-state index in [1.807, 2.05) is 4.90 Å². The topological polar surface area (TPSA) is 28.2 Å². The molecule has 3 nitrogen and oxygen atoms in total. The molecule has 1 fully saturated rings. The maximum atomic E-state index is 13.8. The molecule has 0 spiro atoms. The van der Waals surface area contributed by atoms with E-state index in [1.165, 1.54) is 0 Å². The Labute approximate surface area is 106 Å². The minimum absolute atomic E-state index is 0.102. The number of aromatic nitrogens is 1. The number of hydrogen-bond acceptors (Lipinski definition) is 3. The summed E-state index contributed by atoms with van der Waals surface area (Å²) in [6.07, 6.45) is 3.35. The van der Waals surface area contributed by atoms with E-state index in [4.69, 9.17) is 0 Å². The molecular formula is C13H19F2N3. The Kier molecular flexibility index (Phi) is 3.99. The molecule has 0 amide bonds. The molecule has 0 bridgehead atoms. The van der Waals surface area contributed by atoms with Crippen LogP contribution >= 0.6 is 0 Å². The number of nitrogens with one attached hydrogen (secondary N) is 1. The van der Waals surface area contributed by atoms with Crippen LogP contribution in [0.2, 0.25) is 0 Å². The maximum Gasteiger partial charge on any atom is 0.168 e. The lowest BCUT2D eigenvalue weighted by molar-refractivity contribution is 0.527. The molecule has 2 heterocycles. The van der Waals surface area contributed by atoms with E-state index in [2.05, 4.69) is 17.2 Å². The van der Waals surface area contributed by atoms with Gasteiger partial charge in [-0.3, -0.25) is 0 Å². The molecule has 18 heavy (non-hydrogen) atoms. The first-order valence-electron chi connectivity index (χ1n) is 6.44. The van der Waals surface area contributed by atoms with Crippen LogP contribution in [-0.4, -0.2) is 25.1 Å². The van der Waals surface area contributed by atoms with Crippen LogP contribution in [0.15, 0.2) is 6.07 Å². The van der Waals surface area contributed by atoms with Gasteiger partial charge in [0.1, 0.15) is 0 Å². The zero-order valence-corrected chi connectivity index (χ0v) is 10.8. The summed E-state index contributed by atoms with van der Waals surface area (Å²) in [6, 6.07) is 0.904. The summed E-state index contributed by atoms with van der Waals surface area (Å²) in [5.74, 6) is -0.268. The van der Waals surface area contributed by atoms with Gasteiger partial charge in [0.05, 0.1) is 0 Å². The van der Waals surface area contributed by atoms with Crippen molar-refractivity contribution in [3.63, 3.8) is 0 Å². The largest absolute Gasteiger partial charge is 0.371 e. The standard InChI is InChI=1S/C13H19F2N3/c1-3-4-9-5-6-18(8-9)13-11(15)7-10(14)12(16-2)17-13/h7,9H,3-6,8H2,1-2H3,(H,16,17). The summed E-state index contributed by atoms with van der Waals surface area (Å²) >= 11 is 0. The van der Waals surface area contributed by atoms with E-state index >= 15 is 0 Å². The zero-order valence-electron chi connectivity index (χ0n) is 10.8. The molecule has 5 heteroatoms. The van der Waals surface area contributed by atoms with E-state index < -0.39 is 11.6 Å². The Balaban J connectivity index is 2.18. The van der Waals surface area contributed by atoms with Gasteiger partial charge >= 0.3 is 0 Å². The highest BCUT2D eigenvalue weighted by atomic mass is 19.1. The SMILES string of the molecule is CCCC1CCN(c2nc(NC)c(F)cc2F)C1. The first kappa shape index (κ1) is 13.1. The minimum Gasteiger partial charge on any atom is -0.371 e. The molecule has 0 aromatic carbocycles. The number of halogens is 2. The Morgan fingerprint density at radius 3 is 2.89 bits per heavy atom. The molecule has 0 aliphatic carbocycles. The molecule has 1 N–H and O–H groups in total. The van der Waals surface area contributed by atoms with E-state index in [-0.39, 0.29) is 11.6 Å². The highest BCUT2D eigenvalue weighted by Gasteiger charge is 2.25. The van der Waals surface area contributed by atoms with Crippen molar-refractivity contribution in [2.75, 3.05) is 30.4 Å². The van der Waals surface area contributed by atoms with Crippen molar-refractivity contribution in [1.29, 1.82) is 0 Å². The zero-order chi connectivity index (χ0) is 13.1. The number of hydrogen-bond donors (Lipinski definition) is 1. The summed E-state index contributed by atoms with van der Waals surface area (Å²) in [5.41, 5.74) is 0. The average Bonchev–Trinajstić information content (AvgIpc) is 2.78. The highest BCUT2D eigenvalue weighted by molar-refractivity contribution is 5.49. The van der Waals surface area contributed by atoms with E-state index in [9.17, 15) is 8.78 Å². The van der Waals surface area contributed by atoms with Crippen molar-refractivity contribution < 1.29 is 8.78 Å². The predicted octanol–water partition coefficient (Wildman–Crippen LogP) is 3.03. The molecule has 1 aliphatic rings. The van der Waals surface area contributed by atoms with E-state index in [0.29, 0.717) is 5.92 Å². The lowest BCUT2D eigenvalue weighted by atomic mass is 10.0. The highest BCUT2D eigenvalue weighted by Crippen LogP contribution is 2.28. The van der Waals surface area contributed by atoms with Gasteiger partial charge in [0, 0.05) is 26.2 Å². The third-order valence-corrected chi connectivity index (χ3v) is 3.43. The van der Waals surface area contributed by atoms with Crippen LogP contribution in [0.3, 0.4) is 0 Å². The third-order valence-electron chi connectivity index (χ3n) is 3.43. The fraction of sp³-hybridized carbons (Fsp3) is 0.615. The molecule has 1 aliphatic heterocycles. The lowest BCUT2D eigenvalue weighted by Crippen LogP contribution is -2.22. The van der Waals surface area contributed by atoms with Crippen LogP contribution in [0, 0.1) is 17.6 Å². The number of pyridine rings is 1. The summed E-state index contributed by atoms with van der Waals surface area (Å²) < 4.78 is 27.1. The summed E-state index contributed by atoms with van der Waals surface area (Å²) in [4.78, 5) is 5.94. The summed E-state index contributed by atoms with van der Waals surface area (Å²) in [7, 11) is 1.58. The molecule has 0 radical (unpaired) electrons. The van der Waals surface area contributed by atoms with Gasteiger partial charge in [-0.1, -0.05) is 13.3 Å². The van der Waals surface area contributed by atoms with E-state index in [1.54, 1.807) is 7.05 Å². The second kappa shape index (κ2) is 5.50. The lowest BCUT2D eigenvalue weighted by Gasteiger charge is -2.19. The molecular weight excluding hydrogens is 236 g/mol. The Morgan fingerprint density at radius 2 is 2.22 bits per heavy atom. The van der Waals surface area contributed by atoms with Gasteiger partial charge in [-0.2, -0.15) is 0 Å². The molecule has 100 valence electrons. The second-order valence-electron chi connectivity index (χ2n) is 4.76. The Hall–Kier alpha value is -1.39. The fourth-order valence-corrected chi connectivity index (χ4v) is 2.52. The molecule has 2 rings (SSSR count). The number of nitrogens with zero attached hydrogens (tertiary/aromatic N) is 2. The maximum absolute atomic E-state index is 13.8. The van der Waals surface area contributed by atoms with Crippen LogP contribution in [-0.2, 0) is 0 Å². The molecule has 1 aromatic heterocycles. The van der Waals surface area contributed by atoms with Gasteiger partial charge in [-0.05, 0) is 18.8 Å². The van der Waals surface area contributed by atoms with Crippen molar-refractivity contribution in [3.05, 3.63) is 17.7 Å².